The van der Waals surface area contributed by atoms with Crippen LogP contribution < -0.4 is 10.1 Å². The number of hydrogen-bond donors (Lipinski definition) is 1. The van der Waals surface area contributed by atoms with Crippen LogP contribution in [0.3, 0.4) is 0 Å². The van der Waals surface area contributed by atoms with Gasteiger partial charge in [-0.1, -0.05) is 11.3 Å². The maximum Gasteiger partial charge on any atom is 0.184 e. The third-order valence-electron chi connectivity index (χ3n) is 2.55. The van der Waals surface area contributed by atoms with Crippen molar-refractivity contribution >= 4 is 26.7 Å². The van der Waals surface area contributed by atoms with Crippen LogP contribution >= 0.6 is 11.3 Å². The normalized spacial score (nSPS) is 11.8. The first kappa shape index (κ1) is 13.1. The molecule has 0 spiro atoms. The molecule has 2 aromatic rings. The average molecular weight is 266 g/mol. The number of nitrogens with one attached hydrogen (secondary N) is 1. The number of ether oxygens (including phenoxy) is 2. The molecule has 1 N–H and O–H groups in total. The van der Waals surface area contributed by atoms with Gasteiger partial charge in [0.15, 0.2) is 5.13 Å². The summed E-state index contributed by atoms with van der Waals surface area (Å²) in [4.78, 5) is 4.55. The quantitative estimate of drug-likeness (QED) is 0.903. The van der Waals surface area contributed by atoms with Crippen molar-refractivity contribution in [3.05, 3.63) is 18.2 Å². The molecule has 0 fully saturated rings. The van der Waals surface area contributed by atoms with Gasteiger partial charge in [0.05, 0.1) is 29.5 Å². The number of nitrogens with zero attached hydrogens (tertiary/aromatic N) is 1. The number of thiazole rings is 1. The number of methoxy groups -OCH3 is 2. The predicted molar refractivity (Wildman–Crippen MR) is 75.7 cm³/mol. The number of rotatable bonds is 5. The van der Waals surface area contributed by atoms with Gasteiger partial charge in [-0.3, -0.25) is 0 Å². The third kappa shape index (κ3) is 2.91. The van der Waals surface area contributed by atoms with Crippen LogP contribution in [0.15, 0.2) is 18.2 Å². The summed E-state index contributed by atoms with van der Waals surface area (Å²) in [5.41, 5.74) is 0.851. The number of fused-ring (bicyclic) bond motifs is 1. The lowest BCUT2D eigenvalue weighted by Gasteiger charge is -2.24. The summed E-state index contributed by atoms with van der Waals surface area (Å²) in [7, 11) is 3.37. The summed E-state index contributed by atoms with van der Waals surface area (Å²) < 4.78 is 11.5. The molecule has 1 aromatic carbocycles. The molecule has 1 heterocycles. The predicted octanol–water partition coefficient (Wildman–Crippen LogP) is 3.14. The van der Waals surface area contributed by atoms with Gasteiger partial charge in [0.25, 0.3) is 0 Å². The fraction of sp³-hybridized carbons (Fsp3) is 0.462. The Hall–Kier alpha value is -1.33. The molecule has 4 nitrogen and oxygen atoms in total. The van der Waals surface area contributed by atoms with Crippen molar-refractivity contribution in [1.82, 2.24) is 4.98 Å². The first-order valence-corrected chi connectivity index (χ1v) is 6.57. The molecular weight excluding hydrogens is 248 g/mol. The van der Waals surface area contributed by atoms with Gasteiger partial charge < -0.3 is 14.8 Å². The van der Waals surface area contributed by atoms with Crippen molar-refractivity contribution in [2.24, 2.45) is 0 Å². The standard InChI is InChI=1S/C13H18N2O2S/c1-13(2,8-16-3)15-12-14-10-6-5-9(17-4)7-11(10)18-12/h5-7H,8H2,1-4H3,(H,14,15). The molecule has 0 aliphatic heterocycles. The van der Waals surface area contributed by atoms with Gasteiger partial charge in [-0.15, -0.1) is 0 Å². The van der Waals surface area contributed by atoms with Crippen LogP contribution in [-0.4, -0.2) is 31.3 Å². The summed E-state index contributed by atoms with van der Waals surface area (Å²) in [5, 5.41) is 4.29. The minimum Gasteiger partial charge on any atom is -0.497 e. The second kappa shape index (κ2) is 5.12. The summed E-state index contributed by atoms with van der Waals surface area (Å²) in [6.45, 7) is 4.80. The summed E-state index contributed by atoms with van der Waals surface area (Å²) in [6, 6.07) is 5.90. The highest BCUT2D eigenvalue weighted by molar-refractivity contribution is 7.22. The number of hydrogen-bond acceptors (Lipinski definition) is 5. The Balaban J connectivity index is 2.24. The Bertz CT molecular complexity index is 537. The lowest BCUT2D eigenvalue weighted by molar-refractivity contribution is 0.158. The molecule has 0 amide bonds. The van der Waals surface area contributed by atoms with E-state index < -0.39 is 0 Å². The van der Waals surface area contributed by atoms with Crippen LogP contribution in [0.1, 0.15) is 13.8 Å². The van der Waals surface area contributed by atoms with E-state index in [0.29, 0.717) is 6.61 Å². The molecule has 98 valence electrons. The van der Waals surface area contributed by atoms with Crippen molar-refractivity contribution in [3.8, 4) is 5.75 Å². The zero-order valence-corrected chi connectivity index (χ0v) is 11.9. The second-order valence-electron chi connectivity index (χ2n) is 4.79. The molecule has 0 bridgehead atoms. The molecule has 5 heteroatoms. The van der Waals surface area contributed by atoms with Gasteiger partial charge in [0.2, 0.25) is 0 Å². The molecule has 0 aliphatic carbocycles. The fourth-order valence-electron chi connectivity index (χ4n) is 1.77. The smallest absolute Gasteiger partial charge is 0.184 e. The molecule has 18 heavy (non-hydrogen) atoms. The average Bonchev–Trinajstić information content (AvgIpc) is 2.68. The van der Waals surface area contributed by atoms with Crippen LogP contribution in [0.2, 0.25) is 0 Å². The van der Waals surface area contributed by atoms with Gasteiger partial charge in [0.1, 0.15) is 5.75 Å². The van der Waals surface area contributed by atoms with E-state index in [1.165, 1.54) is 0 Å². The van der Waals surface area contributed by atoms with Gasteiger partial charge in [-0.05, 0) is 32.0 Å². The second-order valence-corrected chi connectivity index (χ2v) is 5.83. The molecule has 0 radical (unpaired) electrons. The fourth-order valence-corrected chi connectivity index (χ4v) is 2.84. The Labute approximate surface area is 111 Å². The highest BCUT2D eigenvalue weighted by Gasteiger charge is 2.19. The van der Waals surface area contributed by atoms with Crippen molar-refractivity contribution in [2.45, 2.75) is 19.4 Å². The van der Waals surface area contributed by atoms with E-state index in [4.69, 9.17) is 9.47 Å². The van der Waals surface area contributed by atoms with Crippen LogP contribution in [0.5, 0.6) is 5.75 Å². The topological polar surface area (TPSA) is 43.4 Å². The summed E-state index contributed by atoms with van der Waals surface area (Å²) >= 11 is 1.62. The molecule has 1 aromatic heterocycles. The number of anilines is 1. The SMILES string of the molecule is COCC(C)(C)Nc1nc2ccc(OC)cc2s1. The molecule has 0 saturated carbocycles. The highest BCUT2D eigenvalue weighted by atomic mass is 32.1. The van der Waals surface area contributed by atoms with Crippen molar-refractivity contribution in [3.63, 3.8) is 0 Å². The van der Waals surface area contributed by atoms with Crippen LogP contribution in [0, 0.1) is 0 Å². The number of aromatic nitrogens is 1. The number of benzene rings is 1. The van der Waals surface area contributed by atoms with E-state index in [1.54, 1.807) is 25.6 Å². The van der Waals surface area contributed by atoms with E-state index in [0.717, 1.165) is 21.1 Å². The largest absolute Gasteiger partial charge is 0.497 e. The first-order valence-electron chi connectivity index (χ1n) is 5.76. The van der Waals surface area contributed by atoms with Crippen LogP contribution in [-0.2, 0) is 4.74 Å². The Morgan fingerprint density at radius 3 is 2.78 bits per heavy atom. The van der Waals surface area contributed by atoms with Crippen molar-refractivity contribution in [2.75, 3.05) is 26.1 Å². The van der Waals surface area contributed by atoms with E-state index in [-0.39, 0.29) is 5.54 Å². The van der Waals surface area contributed by atoms with Crippen LogP contribution in [0.4, 0.5) is 5.13 Å². The van der Waals surface area contributed by atoms with Gasteiger partial charge in [-0.2, -0.15) is 0 Å². The van der Waals surface area contributed by atoms with E-state index >= 15 is 0 Å². The first-order chi connectivity index (χ1) is 8.54. The zero-order valence-electron chi connectivity index (χ0n) is 11.1. The van der Waals surface area contributed by atoms with Gasteiger partial charge >= 0.3 is 0 Å². The van der Waals surface area contributed by atoms with E-state index in [2.05, 4.69) is 24.1 Å². The minimum atomic E-state index is -0.132. The lowest BCUT2D eigenvalue weighted by atomic mass is 10.1. The molecule has 0 aliphatic rings. The van der Waals surface area contributed by atoms with E-state index in [9.17, 15) is 0 Å². The maximum atomic E-state index is 5.21. The summed E-state index contributed by atoms with van der Waals surface area (Å²) in [6.07, 6.45) is 0. The molecule has 0 atom stereocenters. The van der Waals surface area contributed by atoms with Crippen molar-refractivity contribution < 1.29 is 9.47 Å². The Kier molecular flexibility index (Phi) is 3.73. The monoisotopic (exact) mass is 266 g/mol. The molecule has 0 unspecified atom stereocenters. The molecule has 0 saturated heterocycles. The Morgan fingerprint density at radius 2 is 2.11 bits per heavy atom. The highest BCUT2D eigenvalue weighted by Crippen LogP contribution is 2.30. The summed E-state index contributed by atoms with van der Waals surface area (Å²) in [5.74, 6) is 0.855. The zero-order chi connectivity index (χ0) is 13.2. The molecular formula is C13H18N2O2S. The third-order valence-corrected chi connectivity index (χ3v) is 3.48. The van der Waals surface area contributed by atoms with Crippen molar-refractivity contribution in [1.29, 1.82) is 0 Å². The van der Waals surface area contributed by atoms with Gasteiger partial charge in [0, 0.05) is 7.11 Å². The Morgan fingerprint density at radius 1 is 1.33 bits per heavy atom. The molecule has 2 rings (SSSR count). The van der Waals surface area contributed by atoms with Crippen LogP contribution in [0.25, 0.3) is 10.2 Å². The minimum absolute atomic E-state index is 0.132. The lowest BCUT2D eigenvalue weighted by Crippen LogP contribution is -2.35. The maximum absolute atomic E-state index is 5.21. The van der Waals surface area contributed by atoms with Gasteiger partial charge in [-0.25, -0.2) is 4.98 Å². The van der Waals surface area contributed by atoms with E-state index in [1.807, 2.05) is 18.2 Å².